The number of quaternary nitrogens is 1. The van der Waals surface area contributed by atoms with Crippen molar-refractivity contribution in [3.8, 4) is 0 Å². The zero-order valence-corrected chi connectivity index (χ0v) is 16.2. The number of hydrogen-bond donors (Lipinski definition) is 2. The van der Waals surface area contributed by atoms with Crippen LogP contribution in [0.1, 0.15) is 47.0 Å². The average Bonchev–Trinajstić information content (AvgIpc) is 2.52. The fraction of sp³-hybridized carbons (Fsp3) is 0.812. The number of carbonyl (C=O) groups is 1. The molecule has 0 spiro atoms. The lowest BCUT2D eigenvalue weighted by molar-refractivity contribution is -0.947. The van der Waals surface area contributed by atoms with Crippen molar-refractivity contribution in [2.45, 2.75) is 59.1 Å². The largest absolute Gasteiger partial charge is 0.469 e. The van der Waals surface area contributed by atoms with Crippen molar-refractivity contribution in [1.29, 1.82) is 0 Å². The average molecular weight is 366 g/mol. The van der Waals surface area contributed by atoms with Crippen LogP contribution in [0.3, 0.4) is 0 Å². The SMILES string of the molecule is C=CC(=O)OC(C)CCCC(COP(=O)(O)O)[N+](CC)(CC)CC. The Kier molecular flexibility index (Phi) is 10.7. The zero-order valence-electron chi connectivity index (χ0n) is 15.3. The number of likely N-dealkylation sites (N-methyl/N-ethyl adjacent to an activating group) is 1. The summed E-state index contributed by atoms with van der Waals surface area (Å²) in [4.78, 5) is 29.2. The molecule has 2 N–H and O–H groups in total. The molecule has 0 fully saturated rings. The third-order valence-corrected chi connectivity index (χ3v) is 5.22. The number of ether oxygens (including phenoxy) is 1. The van der Waals surface area contributed by atoms with E-state index in [0.29, 0.717) is 6.42 Å². The Morgan fingerprint density at radius 3 is 2.17 bits per heavy atom. The minimum absolute atomic E-state index is 0.0140. The maximum atomic E-state index is 11.2. The lowest BCUT2D eigenvalue weighted by atomic mass is 10.0. The molecule has 0 heterocycles. The summed E-state index contributed by atoms with van der Waals surface area (Å²) in [7, 11) is -4.49. The van der Waals surface area contributed by atoms with E-state index in [2.05, 4.69) is 27.4 Å². The molecule has 0 aliphatic rings. The molecule has 0 aromatic heterocycles. The van der Waals surface area contributed by atoms with Crippen LogP contribution < -0.4 is 0 Å². The topological polar surface area (TPSA) is 93.1 Å². The molecule has 0 bridgehead atoms. The Morgan fingerprint density at radius 2 is 1.75 bits per heavy atom. The van der Waals surface area contributed by atoms with Crippen molar-refractivity contribution in [1.82, 2.24) is 0 Å². The van der Waals surface area contributed by atoms with E-state index in [9.17, 15) is 9.36 Å². The number of carbonyl (C=O) groups excluding carboxylic acids is 1. The van der Waals surface area contributed by atoms with Gasteiger partial charge in [0.05, 0.1) is 25.7 Å². The molecule has 7 nitrogen and oxygen atoms in total. The molecule has 0 aromatic rings. The molecule has 0 saturated heterocycles. The van der Waals surface area contributed by atoms with Crippen LogP contribution in [0.4, 0.5) is 0 Å². The molecule has 0 radical (unpaired) electrons. The van der Waals surface area contributed by atoms with Crippen LogP contribution in [0.25, 0.3) is 0 Å². The van der Waals surface area contributed by atoms with Crippen LogP contribution in [-0.4, -0.2) is 58.6 Å². The van der Waals surface area contributed by atoms with Gasteiger partial charge in [0.15, 0.2) is 0 Å². The van der Waals surface area contributed by atoms with Crippen molar-refractivity contribution >= 4 is 13.8 Å². The second-order valence-corrected chi connectivity index (χ2v) is 7.23. The van der Waals surface area contributed by atoms with Crippen LogP contribution in [0.2, 0.25) is 0 Å². The molecule has 0 saturated carbocycles. The minimum atomic E-state index is -4.49. The molecule has 0 aromatic carbocycles. The van der Waals surface area contributed by atoms with Crippen molar-refractivity contribution < 1.29 is 32.9 Å². The molecule has 2 unspecified atom stereocenters. The maximum Gasteiger partial charge on any atom is 0.469 e. The van der Waals surface area contributed by atoms with Gasteiger partial charge < -0.3 is 19.0 Å². The summed E-state index contributed by atoms with van der Waals surface area (Å²) in [5.41, 5.74) is 0. The first-order chi connectivity index (χ1) is 11.1. The lowest BCUT2D eigenvalue weighted by Gasteiger charge is -2.43. The molecule has 142 valence electrons. The summed E-state index contributed by atoms with van der Waals surface area (Å²) in [5.74, 6) is -0.440. The second-order valence-electron chi connectivity index (χ2n) is 5.99. The van der Waals surface area contributed by atoms with E-state index in [0.717, 1.165) is 43.0 Å². The molecule has 0 aliphatic carbocycles. The molecule has 0 amide bonds. The van der Waals surface area contributed by atoms with E-state index >= 15 is 0 Å². The normalized spacial score (nSPS) is 14.9. The van der Waals surface area contributed by atoms with Gasteiger partial charge in [-0.25, -0.2) is 9.36 Å². The summed E-state index contributed by atoms with van der Waals surface area (Å²) in [5, 5.41) is 0. The monoisotopic (exact) mass is 366 g/mol. The van der Waals surface area contributed by atoms with Gasteiger partial charge in [0.25, 0.3) is 0 Å². The number of nitrogens with zero attached hydrogens (tertiary/aromatic N) is 1. The Labute approximate surface area is 145 Å². The summed E-state index contributed by atoms with van der Waals surface area (Å²) in [6.07, 6.45) is 3.13. The first kappa shape index (κ1) is 23.3. The van der Waals surface area contributed by atoms with Gasteiger partial charge in [-0.3, -0.25) is 4.52 Å². The molecule has 8 heteroatoms. The van der Waals surface area contributed by atoms with E-state index in [1.54, 1.807) is 0 Å². The highest BCUT2D eigenvalue weighted by Gasteiger charge is 2.34. The standard InChI is InChI=1S/C16H32NO6P/c1-6-16(18)23-14(5)11-10-12-15(13-22-24(19,20)21)17(7-2,8-3)9-4/h6,14-15H,1,7-13H2,2-5H3,(H-,19,20,21)/p+1. The van der Waals surface area contributed by atoms with E-state index in [1.807, 2.05) is 6.92 Å². The summed E-state index contributed by atoms with van der Waals surface area (Å²) in [6.45, 7) is 14.0. The second kappa shape index (κ2) is 11.0. The highest BCUT2D eigenvalue weighted by molar-refractivity contribution is 7.46. The van der Waals surface area contributed by atoms with Gasteiger partial charge in [0.2, 0.25) is 0 Å². The Balaban J connectivity index is 4.79. The van der Waals surface area contributed by atoms with Crippen LogP contribution in [0, 0.1) is 0 Å². The molecule has 0 aliphatic heterocycles. The number of phosphoric ester groups is 1. The maximum absolute atomic E-state index is 11.2. The third kappa shape index (κ3) is 8.40. The predicted octanol–water partition coefficient (Wildman–Crippen LogP) is 2.63. The lowest BCUT2D eigenvalue weighted by Crippen LogP contribution is -2.56. The molecular weight excluding hydrogens is 333 g/mol. The van der Waals surface area contributed by atoms with Crippen molar-refractivity contribution in [3.63, 3.8) is 0 Å². The van der Waals surface area contributed by atoms with Crippen LogP contribution >= 0.6 is 7.82 Å². The van der Waals surface area contributed by atoms with E-state index in [-0.39, 0.29) is 18.8 Å². The van der Waals surface area contributed by atoms with E-state index in [1.165, 1.54) is 0 Å². The van der Waals surface area contributed by atoms with Gasteiger partial charge >= 0.3 is 13.8 Å². The molecule has 2 atom stereocenters. The van der Waals surface area contributed by atoms with Crippen molar-refractivity contribution in [2.75, 3.05) is 26.2 Å². The van der Waals surface area contributed by atoms with Gasteiger partial charge in [-0.15, -0.1) is 0 Å². The van der Waals surface area contributed by atoms with Crippen molar-refractivity contribution in [3.05, 3.63) is 12.7 Å². The fourth-order valence-electron chi connectivity index (χ4n) is 3.09. The number of esters is 1. The Morgan fingerprint density at radius 1 is 1.21 bits per heavy atom. The first-order valence-corrected chi connectivity index (χ1v) is 10.1. The molecule has 0 rings (SSSR count). The number of rotatable bonds is 13. The fourth-order valence-corrected chi connectivity index (χ4v) is 3.46. The predicted molar refractivity (Wildman–Crippen MR) is 93.3 cm³/mol. The van der Waals surface area contributed by atoms with Gasteiger partial charge in [0, 0.05) is 12.5 Å². The van der Waals surface area contributed by atoms with Crippen LogP contribution in [0.15, 0.2) is 12.7 Å². The number of hydrogen-bond acceptors (Lipinski definition) is 4. The zero-order chi connectivity index (χ0) is 18.8. The van der Waals surface area contributed by atoms with Crippen LogP contribution in [0.5, 0.6) is 0 Å². The number of phosphoric acid groups is 1. The van der Waals surface area contributed by atoms with Gasteiger partial charge in [-0.2, -0.15) is 0 Å². The van der Waals surface area contributed by atoms with Crippen molar-refractivity contribution in [2.24, 2.45) is 0 Å². The highest BCUT2D eigenvalue weighted by atomic mass is 31.2. The molecular formula is C16H33NO6P+. The summed E-state index contributed by atoms with van der Waals surface area (Å²) >= 11 is 0. The van der Waals surface area contributed by atoms with Gasteiger partial charge in [-0.1, -0.05) is 6.58 Å². The van der Waals surface area contributed by atoms with Crippen LogP contribution in [-0.2, 0) is 18.6 Å². The summed E-state index contributed by atoms with van der Waals surface area (Å²) < 4.78 is 21.7. The third-order valence-electron chi connectivity index (χ3n) is 4.73. The highest BCUT2D eigenvalue weighted by Crippen LogP contribution is 2.37. The minimum Gasteiger partial charge on any atom is -0.460 e. The van der Waals surface area contributed by atoms with Gasteiger partial charge in [0.1, 0.15) is 12.6 Å². The van der Waals surface area contributed by atoms with Gasteiger partial charge in [-0.05, 0) is 40.5 Å². The quantitative estimate of drug-likeness (QED) is 0.225. The smallest absolute Gasteiger partial charge is 0.460 e. The Bertz CT molecular complexity index is 424. The first-order valence-electron chi connectivity index (χ1n) is 8.52. The molecule has 24 heavy (non-hydrogen) atoms. The van der Waals surface area contributed by atoms with E-state index < -0.39 is 13.8 Å². The Hall–Kier alpha value is -0.720. The van der Waals surface area contributed by atoms with E-state index in [4.69, 9.17) is 19.0 Å². The summed E-state index contributed by atoms with van der Waals surface area (Å²) in [6, 6.07) is -0.0140.